The Bertz CT molecular complexity index is 1260. The lowest BCUT2D eigenvalue weighted by Crippen LogP contribution is -2.43. The Morgan fingerprint density at radius 2 is 1.68 bits per heavy atom. The molecule has 0 spiro atoms. The molecule has 226 valence electrons. The van der Waals surface area contributed by atoms with Crippen molar-refractivity contribution in [1.82, 2.24) is 14.7 Å². The lowest BCUT2D eigenvalue weighted by molar-refractivity contribution is -0.274. The maximum Gasteiger partial charge on any atom is 0.573 e. The van der Waals surface area contributed by atoms with Crippen molar-refractivity contribution in [3.63, 3.8) is 0 Å². The van der Waals surface area contributed by atoms with Crippen LogP contribution in [0.1, 0.15) is 43.7 Å². The first-order valence-corrected chi connectivity index (χ1v) is 14.7. The average molecular weight is 602 g/mol. The maximum atomic E-state index is 13.8. The van der Waals surface area contributed by atoms with Crippen molar-refractivity contribution in [3.8, 4) is 11.5 Å². The van der Waals surface area contributed by atoms with E-state index in [0.717, 1.165) is 25.0 Å². The lowest BCUT2D eigenvalue weighted by atomic mass is 10.1. The summed E-state index contributed by atoms with van der Waals surface area (Å²) in [5.74, 6) is -0.527. The molecule has 2 aromatic rings. The quantitative estimate of drug-likeness (QED) is 0.408. The number of likely N-dealkylation sites (N-methyl/N-ethyl adjacent to an activating group) is 1. The third kappa shape index (κ3) is 8.32. The van der Waals surface area contributed by atoms with Crippen molar-refractivity contribution in [3.05, 3.63) is 54.1 Å². The van der Waals surface area contributed by atoms with Gasteiger partial charge < -0.3 is 14.2 Å². The number of sulfonamides is 1. The lowest BCUT2D eigenvalue weighted by Gasteiger charge is -2.33. The summed E-state index contributed by atoms with van der Waals surface area (Å²) >= 11 is 0. The third-order valence-corrected chi connectivity index (χ3v) is 8.76. The van der Waals surface area contributed by atoms with E-state index in [4.69, 9.17) is 14.3 Å². The number of alkyl halides is 3. The summed E-state index contributed by atoms with van der Waals surface area (Å²) < 4.78 is 81.2. The molecule has 0 aromatic heterocycles. The van der Waals surface area contributed by atoms with Gasteiger partial charge in [0.2, 0.25) is 10.0 Å². The minimum Gasteiger partial charge on any atom is -0.490 e. The molecule has 0 radical (unpaired) electrons. The molecule has 2 saturated heterocycles. The van der Waals surface area contributed by atoms with E-state index in [-0.39, 0.29) is 29.8 Å². The van der Waals surface area contributed by atoms with Gasteiger partial charge in [0.15, 0.2) is 6.29 Å². The molecule has 2 unspecified atom stereocenters. The molecule has 2 atom stereocenters. The van der Waals surface area contributed by atoms with Crippen LogP contribution in [0.15, 0.2) is 53.4 Å². The highest BCUT2D eigenvalue weighted by Gasteiger charge is 2.36. The summed E-state index contributed by atoms with van der Waals surface area (Å²) in [5, 5.41) is 0. The van der Waals surface area contributed by atoms with Crippen LogP contribution < -0.4 is 15.0 Å². The summed E-state index contributed by atoms with van der Waals surface area (Å²) in [4.78, 5) is 20.2. The van der Waals surface area contributed by atoms with Gasteiger partial charge in [-0.25, -0.2) is 18.7 Å². The fourth-order valence-corrected chi connectivity index (χ4v) is 6.52. The molecule has 2 fully saturated rings. The zero-order chi connectivity index (χ0) is 29.6. The molecule has 2 aliphatic rings. The van der Waals surface area contributed by atoms with Crippen LogP contribution in [0.2, 0.25) is 0 Å². The molecular formula is C27H34F3N3O7S. The van der Waals surface area contributed by atoms with Crippen molar-refractivity contribution in [2.24, 2.45) is 0 Å². The van der Waals surface area contributed by atoms with E-state index in [9.17, 15) is 26.4 Å². The third-order valence-electron chi connectivity index (χ3n) is 6.79. The smallest absolute Gasteiger partial charge is 0.490 e. The number of carbonyl (C=O) groups excluding carboxylic acids is 1. The highest BCUT2D eigenvalue weighted by Crippen LogP contribution is 2.31. The Hall–Kier alpha value is -2.91. The zero-order valence-corrected chi connectivity index (χ0v) is 23.6. The first-order valence-electron chi connectivity index (χ1n) is 13.3. The molecule has 10 nitrogen and oxygen atoms in total. The van der Waals surface area contributed by atoms with E-state index >= 15 is 0 Å². The second kappa shape index (κ2) is 13.4. The number of hydrogen-bond donors (Lipinski definition) is 1. The van der Waals surface area contributed by atoms with Crippen molar-refractivity contribution >= 4 is 15.9 Å². The Balaban J connectivity index is 1.41. The van der Waals surface area contributed by atoms with Gasteiger partial charge in [-0.15, -0.1) is 13.2 Å². The van der Waals surface area contributed by atoms with Gasteiger partial charge in [-0.05, 0) is 75.7 Å². The second-order valence-electron chi connectivity index (χ2n) is 10.0. The fraction of sp³-hybridized carbons (Fsp3) is 0.519. The van der Waals surface area contributed by atoms with Crippen LogP contribution in [0.25, 0.3) is 0 Å². The molecule has 0 bridgehead atoms. The van der Waals surface area contributed by atoms with Gasteiger partial charge in [0.1, 0.15) is 23.6 Å². The number of halogens is 3. The second-order valence-corrected chi connectivity index (χ2v) is 11.9. The van der Waals surface area contributed by atoms with Crippen LogP contribution in [0.3, 0.4) is 0 Å². The molecule has 1 amide bonds. The zero-order valence-electron chi connectivity index (χ0n) is 22.8. The van der Waals surface area contributed by atoms with Crippen molar-refractivity contribution in [1.29, 1.82) is 0 Å². The summed E-state index contributed by atoms with van der Waals surface area (Å²) in [6.07, 6.45) is -2.43. The van der Waals surface area contributed by atoms with Gasteiger partial charge in [-0.3, -0.25) is 9.69 Å². The van der Waals surface area contributed by atoms with Crippen molar-refractivity contribution in [2.75, 3.05) is 33.8 Å². The number of hydroxylamine groups is 1. The Labute approximate surface area is 237 Å². The molecule has 1 N–H and O–H groups in total. The molecule has 2 aliphatic heterocycles. The van der Waals surface area contributed by atoms with E-state index in [2.05, 4.69) is 10.2 Å². The molecular weight excluding hydrogens is 567 g/mol. The first-order chi connectivity index (χ1) is 19.4. The topological polar surface area (TPSA) is 107 Å². The summed E-state index contributed by atoms with van der Waals surface area (Å²) in [7, 11) is -0.625. The number of piperidine rings is 1. The predicted molar refractivity (Wildman–Crippen MR) is 141 cm³/mol. The number of rotatable bonds is 10. The van der Waals surface area contributed by atoms with Crippen molar-refractivity contribution < 1.29 is 45.4 Å². The number of amides is 1. The molecule has 2 aromatic carbocycles. The number of hydrogen-bond acceptors (Lipinski definition) is 8. The summed E-state index contributed by atoms with van der Waals surface area (Å²) in [6, 6.07) is 10.5. The van der Waals surface area contributed by atoms with Crippen LogP contribution in [-0.2, 0) is 24.4 Å². The van der Waals surface area contributed by atoms with Crippen LogP contribution in [0.5, 0.6) is 11.5 Å². The van der Waals surface area contributed by atoms with Gasteiger partial charge in [0.25, 0.3) is 5.91 Å². The monoisotopic (exact) mass is 601 g/mol. The number of nitrogens with one attached hydrogen (secondary N) is 1. The van der Waals surface area contributed by atoms with E-state index in [0.29, 0.717) is 37.2 Å². The van der Waals surface area contributed by atoms with Gasteiger partial charge >= 0.3 is 6.36 Å². The van der Waals surface area contributed by atoms with Gasteiger partial charge in [0, 0.05) is 26.1 Å². The predicted octanol–water partition coefficient (Wildman–Crippen LogP) is 3.99. The molecule has 4 rings (SSSR count). The largest absolute Gasteiger partial charge is 0.573 e. The molecule has 0 aliphatic carbocycles. The minimum atomic E-state index is -4.78. The summed E-state index contributed by atoms with van der Waals surface area (Å²) in [5.41, 5.74) is 2.75. The average Bonchev–Trinajstić information content (AvgIpc) is 2.93. The van der Waals surface area contributed by atoms with E-state index < -0.39 is 34.6 Å². The van der Waals surface area contributed by atoms with Gasteiger partial charge in [-0.1, -0.05) is 18.2 Å². The van der Waals surface area contributed by atoms with Crippen molar-refractivity contribution in [2.45, 2.75) is 61.8 Å². The van der Waals surface area contributed by atoms with Gasteiger partial charge in [0.05, 0.1) is 4.90 Å². The molecule has 2 heterocycles. The SMILES string of the molecule is CN(C)C(C(=O)NOC1CCCCO1)c1ccccc1S(=O)(=O)N1CCC(Oc2ccc(OC(F)(F)F)cc2)CC1. The van der Waals surface area contributed by atoms with E-state index in [1.807, 2.05) is 0 Å². The Kier molecular flexibility index (Phi) is 10.1. The molecule has 41 heavy (non-hydrogen) atoms. The van der Waals surface area contributed by atoms with Crippen LogP contribution in [0, 0.1) is 0 Å². The number of nitrogens with zero attached hydrogens (tertiary/aromatic N) is 2. The highest BCUT2D eigenvalue weighted by molar-refractivity contribution is 7.89. The summed E-state index contributed by atoms with van der Waals surface area (Å²) in [6.45, 7) is 0.874. The van der Waals surface area contributed by atoms with E-state index in [1.54, 1.807) is 37.2 Å². The molecule has 0 saturated carbocycles. The standard InChI is InChI=1S/C27H34F3N3O7S/c1-32(2)25(26(34)31-40-24-9-5-6-18-37-24)22-7-3-4-8-23(22)41(35,36)33-16-14-20(15-17-33)38-19-10-12-21(13-11-19)39-27(28,29)30/h3-4,7-8,10-13,20,24-25H,5-6,9,14-18H2,1-2H3,(H,31,34). The Morgan fingerprint density at radius 3 is 2.29 bits per heavy atom. The molecule has 14 heteroatoms. The van der Waals surface area contributed by atoms with Crippen LogP contribution in [-0.4, -0.2) is 76.1 Å². The first kappa shape index (κ1) is 31.0. The fourth-order valence-electron chi connectivity index (χ4n) is 4.82. The Morgan fingerprint density at radius 1 is 1.02 bits per heavy atom. The number of ether oxygens (including phenoxy) is 3. The van der Waals surface area contributed by atoms with E-state index in [1.165, 1.54) is 22.5 Å². The number of benzene rings is 2. The van der Waals surface area contributed by atoms with Crippen LogP contribution in [0.4, 0.5) is 13.2 Å². The van der Waals surface area contributed by atoms with Crippen LogP contribution >= 0.6 is 0 Å². The normalized spacial score (nSPS) is 20.0. The highest BCUT2D eigenvalue weighted by atomic mass is 32.2. The number of carbonyl (C=O) groups is 1. The minimum absolute atomic E-state index is 0.0161. The van der Waals surface area contributed by atoms with Gasteiger partial charge in [-0.2, -0.15) is 4.31 Å². The maximum absolute atomic E-state index is 13.8.